The van der Waals surface area contributed by atoms with Crippen LogP contribution in [0, 0.1) is 21.4 Å². The SMILES string of the molecule is CNC1(C#N)CCCC(Oc2ccc(Br)cc2[N+](=O)[O-])C1. The van der Waals surface area contributed by atoms with Crippen LogP contribution in [0.1, 0.15) is 25.7 Å². The third kappa shape index (κ3) is 3.52. The van der Waals surface area contributed by atoms with Gasteiger partial charge in [0.25, 0.3) is 0 Å². The van der Waals surface area contributed by atoms with E-state index in [0.29, 0.717) is 10.9 Å². The molecule has 2 unspecified atom stereocenters. The van der Waals surface area contributed by atoms with Crippen molar-refractivity contribution in [1.82, 2.24) is 5.32 Å². The highest BCUT2D eigenvalue weighted by Crippen LogP contribution is 2.35. The van der Waals surface area contributed by atoms with Gasteiger partial charge < -0.3 is 10.1 Å². The molecule has 2 rings (SSSR count). The van der Waals surface area contributed by atoms with E-state index in [-0.39, 0.29) is 17.5 Å². The highest BCUT2D eigenvalue weighted by molar-refractivity contribution is 9.10. The van der Waals surface area contributed by atoms with Crippen molar-refractivity contribution in [2.24, 2.45) is 0 Å². The number of nitro benzene ring substituents is 1. The summed E-state index contributed by atoms with van der Waals surface area (Å²) >= 11 is 3.22. The summed E-state index contributed by atoms with van der Waals surface area (Å²) in [6, 6.07) is 7.02. The second kappa shape index (κ2) is 6.41. The van der Waals surface area contributed by atoms with Crippen LogP contribution in [-0.4, -0.2) is 23.6 Å². The Labute approximate surface area is 131 Å². The first-order valence-electron chi connectivity index (χ1n) is 6.70. The highest BCUT2D eigenvalue weighted by Gasteiger charge is 2.36. The Kier molecular flexibility index (Phi) is 4.80. The first kappa shape index (κ1) is 15.7. The number of nitriles is 1. The fraction of sp³-hybridized carbons (Fsp3) is 0.500. The van der Waals surface area contributed by atoms with Gasteiger partial charge >= 0.3 is 5.69 Å². The molecule has 1 aromatic rings. The minimum atomic E-state index is -0.604. The quantitative estimate of drug-likeness (QED) is 0.663. The second-order valence-electron chi connectivity index (χ2n) is 5.15. The number of benzene rings is 1. The van der Waals surface area contributed by atoms with Gasteiger partial charge in [0.1, 0.15) is 11.6 Å². The lowest BCUT2D eigenvalue weighted by atomic mass is 9.81. The average Bonchev–Trinajstić information content (AvgIpc) is 2.49. The van der Waals surface area contributed by atoms with Crippen LogP contribution in [0.3, 0.4) is 0 Å². The molecule has 21 heavy (non-hydrogen) atoms. The average molecular weight is 354 g/mol. The fourth-order valence-corrected chi connectivity index (χ4v) is 2.97. The van der Waals surface area contributed by atoms with Gasteiger partial charge in [-0.2, -0.15) is 5.26 Å². The molecule has 0 bridgehead atoms. The van der Waals surface area contributed by atoms with Crippen LogP contribution in [0.5, 0.6) is 5.75 Å². The van der Waals surface area contributed by atoms with Gasteiger partial charge in [-0.1, -0.05) is 15.9 Å². The summed E-state index contributed by atoms with van der Waals surface area (Å²) < 4.78 is 6.44. The van der Waals surface area contributed by atoms with Gasteiger partial charge in [0.15, 0.2) is 5.75 Å². The smallest absolute Gasteiger partial charge is 0.312 e. The van der Waals surface area contributed by atoms with Crippen molar-refractivity contribution in [3.63, 3.8) is 0 Å². The minimum absolute atomic E-state index is 0.0676. The normalized spacial score (nSPS) is 25.1. The van der Waals surface area contributed by atoms with E-state index in [4.69, 9.17) is 4.74 Å². The number of nitro groups is 1. The molecule has 0 saturated heterocycles. The van der Waals surface area contributed by atoms with Crippen molar-refractivity contribution in [3.8, 4) is 11.8 Å². The summed E-state index contributed by atoms with van der Waals surface area (Å²) in [6.45, 7) is 0. The number of rotatable bonds is 4. The van der Waals surface area contributed by atoms with Gasteiger partial charge in [0.05, 0.1) is 11.0 Å². The van der Waals surface area contributed by atoms with E-state index in [9.17, 15) is 15.4 Å². The zero-order valence-corrected chi connectivity index (χ0v) is 13.2. The van der Waals surface area contributed by atoms with E-state index in [1.54, 1.807) is 19.2 Å². The van der Waals surface area contributed by atoms with Gasteiger partial charge in [0.2, 0.25) is 0 Å². The maximum atomic E-state index is 11.1. The third-order valence-corrected chi connectivity index (χ3v) is 4.30. The Morgan fingerprint density at radius 1 is 1.62 bits per heavy atom. The molecule has 1 aromatic carbocycles. The van der Waals surface area contributed by atoms with E-state index in [1.165, 1.54) is 6.07 Å². The fourth-order valence-electron chi connectivity index (χ4n) is 2.62. The zero-order valence-electron chi connectivity index (χ0n) is 11.6. The summed E-state index contributed by atoms with van der Waals surface area (Å²) in [5.41, 5.74) is -0.672. The Bertz CT molecular complexity index is 587. The topological polar surface area (TPSA) is 88.2 Å². The van der Waals surface area contributed by atoms with Gasteiger partial charge in [-0.15, -0.1) is 0 Å². The minimum Gasteiger partial charge on any atom is -0.483 e. The van der Waals surface area contributed by atoms with Crippen molar-refractivity contribution in [2.75, 3.05) is 7.05 Å². The first-order chi connectivity index (χ1) is 9.99. The summed E-state index contributed by atoms with van der Waals surface area (Å²) in [5, 5.41) is 23.5. The monoisotopic (exact) mass is 353 g/mol. The Balaban J connectivity index is 2.19. The number of halogens is 1. The van der Waals surface area contributed by atoms with Gasteiger partial charge in [-0.25, -0.2) is 0 Å². The lowest BCUT2D eigenvalue weighted by molar-refractivity contribution is -0.386. The molecular weight excluding hydrogens is 338 g/mol. The molecule has 6 nitrogen and oxygen atoms in total. The molecule has 0 aliphatic heterocycles. The molecule has 2 atom stereocenters. The van der Waals surface area contributed by atoms with E-state index < -0.39 is 10.5 Å². The molecule has 1 fully saturated rings. The Morgan fingerprint density at radius 3 is 3.00 bits per heavy atom. The summed E-state index contributed by atoms with van der Waals surface area (Å²) in [6.07, 6.45) is 2.72. The molecular formula is C14H16BrN3O3. The third-order valence-electron chi connectivity index (χ3n) is 3.81. The lowest BCUT2D eigenvalue weighted by Crippen LogP contribution is -2.48. The van der Waals surface area contributed by atoms with Gasteiger partial charge in [-0.05, 0) is 38.4 Å². The summed E-state index contributed by atoms with van der Waals surface area (Å²) in [4.78, 5) is 10.6. The van der Waals surface area contributed by atoms with Gasteiger partial charge in [-0.3, -0.25) is 10.1 Å². The van der Waals surface area contributed by atoms with Crippen molar-refractivity contribution in [3.05, 3.63) is 32.8 Å². The van der Waals surface area contributed by atoms with Crippen LogP contribution in [-0.2, 0) is 0 Å². The van der Waals surface area contributed by atoms with Crippen molar-refractivity contribution >= 4 is 21.6 Å². The number of hydrogen-bond acceptors (Lipinski definition) is 5. The number of hydrogen-bond donors (Lipinski definition) is 1. The predicted molar refractivity (Wildman–Crippen MR) is 81.1 cm³/mol. The van der Waals surface area contributed by atoms with Crippen LogP contribution < -0.4 is 10.1 Å². The molecule has 0 heterocycles. The van der Waals surface area contributed by atoms with E-state index in [1.807, 2.05) is 0 Å². The van der Waals surface area contributed by atoms with Crippen LogP contribution in [0.4, 0.5) is 5.69 Å². The Hall–Kier alpha value is -1.65. The summed E-state index contributed by atoms with van der Waals surface area (Å²) in [7, 11) is 1.76. The number of nitrogens with zero attached hydrogens (tertiary/aromatic N) is 2. The molecule has 0 aromatic heterocycles. The van der Waals surface area contributed by atoms with Crippen LogP contribution >= 0.6 is 15.9 Å². The number of nitrogens with one attached hydrogen (secondary N) is 1. The number of ether oxygens (including phenoxy) is 1. The molecule has 1 saturated carbocycles. The molecule has 1 N–H and O–H groups in total. The Morgan fingerprint density at radius 2 is 2.38 bits per heavy atom. The van der Waals surface area contributed by atoms with Gasteiger partial charge in [0, 0.05) is 17.0 Å². The van der Waals surface area contributed by atoms with E-state index in [0.717, 1.165) is 19.3 Å². The molecule has 0 amide bonds. The van der Waals surface area contributed by atoms with Crippen molar-refractivity contribution in [1.29, 1.82) is 5.26 Å². The molecule has 0 radical (unpaired) electrons. The van der Waals surface area contributed by atoms with Crippen LogP contribution in [0.15, 0.2) is 22.7 Å². The standard InChI is InChI=1S/C14H16BrN3O3/c1-17-14(9-16)6-2-3-11(8-14)21-13-5-4-10(15)7-12(13)18(19)20/h4-5,7,11,17H,2-3,6,8H2,1H3. The second-order valence-corrected chi connectivity index (χ2v) is 6.06. The predicted octanol–water partition coefficient (Wildman–Crippen LogP) is 3.16. The maximum Gasteiger partial charge on any atom is 0.312 e. The largest absolute Gasteiger partial charge is 0.483 e. The molecule has 0 spiro atoms. The molecule has 7 heteroatoms. The zero-order chi connectivity index (χ0) is 15.5. The van der Waals surface area contributed by atoms with E-state index in [2.05, 4.69) is 27.3 Å². The summed E-state index contributed by atoms with van der Waals surface area (Å²) in [5.74, 6) is 0.248. The van der Waals surface area contributed by atoms with E-state index >= 15 is 0 Å². The lowest BCUT2D eigenvalue weighted by Gasteiger charge is -2.35. The van der Waals surface area contributed by atoms with Crippen molar-refractivity contribution < 1.29 is 9.66 Å². The van der Waals surface area contributed by atoms with Crippen LogP contribution in [0.25, 0.3) is 0 Å². The van der Waals surface area contributed by atoms with Crippen molar-refractivity contribution in [2.45, 2.75) is 37.3 Å². The molecule has 112 valence electrons. The molecule has 1 aliphatic rings. The first-order valence-corrected chi connectivity index (χ1v) is 7.50. The van der Waals surface area contributed by atoms with Crippen LogP contribution in [0.2, 0.25) is 0 Å². The maximum absolute atomic E-state index is 11.1. The molecule has 1 aliphatic carbocycles. The highest BCUT2D eigenvalue weighted by atomic mass is 79.9.